The molecule has 0 saturated heterocycles. The van der Waals surface area contributed by atoms with Crippen LogP contribution >= 0.6 is 0 Å². The summed E-state index contributed by atoms with van der Waals surface area (Å²) in [6, 6.07) is 6.89. The van der Waals surface area contributed by atoms with E-state index in [2.05, 4.69) is 0 Å². The van der Waals surface area contributed by atoms with Crippen LogP contribution in [0.3, 0.4) is 0 Å². The maximum absolute atomic E-state index is 10.8. The topological polar surface area (TPSA) is 90.5 Å². The smallest absolute Gasteiger partial charge is 0.337 e. The Labute approximate surface area is 105 Å². The van der Waals surface area contributed by atoms with Crippen LogP contribution in [0.15, 0.2) is 18.2 Å². The molecule has 5 heteroatoms. The average Bonchev–Trinajstić information content (AvgIpc) is 2.36. The molecule has 0 saturated carbocycles. The molecule has 1 aromatic rings. The van der Waals surface area contributed by atoms with E-state index < -0.39 is 12.1 Å². The van der Waals surface area contributed by atoms with E-state index in [9.17, 15) is 9.90 Å². The predicted molar refractivity (Wildman–Crippen MR) is 64.1 cm³/mol. The van der Waals surface area contributed by atoms with Gasteiger partial charge in [0.15, 0.2) is 6.10 Å². The first kappa shape index (κ1) is 14.0. The fourth-order valence-corrected chi connectivity index (χ4v) is 1.64. The fourth-order valence-electron chi connectivity index (χ4n) is 1.64. The lowest BCUT2D eigenvalue weighted by molar-refractivity contribution is -0.147. The largest absolute Gasteiger partial charge is 0.494 e. The number of aliphatic carboxylic acids is 1. The molecule has 0 heterocycles. The monoisotopic (exact) mass is 249 g/mol. The van der Waals surface area contributed by atoms with Crippen LogP contribution in [-0.4, -0.2) is 22.8 Å². The van der Waals surface area contributed by atoms with Crippen molar-refractivity contribution < 1.29 is 19.7 Å². The molecule has 2 N–H and O–H groups in total. The summed E-state index contributed by atoms with van der Waals surface area (Å²) in [4.78, 5) is 10.8. The molecule has 0 aliphatic rings. The van der Waals surface area contributed by atoms with Crippen LogP contribution in [-0.2, 0) is 11.2 Å². The van der Waals surface area contributed by atoms with Crippen LogP contribution in [0.1, 0.15) is 30.6 Å². The summed E-state index contributed by atoms with van der Waals surface area (Å²) in [5, 5.41) is 27.0. The number of benzene rings is 1. The van der Waals surface area contributed by atoms with E-state index in [1.54, 1.807) is 12.1 Å². The predicted octanol–water partition coefficient (Wildman–Crippen LogP) is 1.66. The Bertz CT molecular complexity index is 465. The lowest BCUT2D eigenvalue weighted by atomic mass is 9.98. The van der Waals surface area contributed by atoms with E-state index in [0.29, 0.717) is 24.3 Å². The number of carbonyl (C=O) groups is 1. The van der Waals surface area contributed by atoms with E-state index in [4.69, 9.17) is 15.1 Å². The van der Waals surface area contributed by atoms with Gasteiger partial charge in [-0.15, -0.1) is 0 Å². The molecule has 0 spiro atoms. The highest BCUT2D eigenvalue weighted by Gasteiger charge is 2.20. The van der Waals surface area contributed by atoms with Crippen LogP contribution in [0.25, 0.3) is 0 Å². The molecular formula is C13H15NO4. The Morgan fingerprint density at radius 2 is 2.28 bits per heavy atom. The number of hydrogen-bond acceptors (Lipinski definition) is 4. The van der Waals surface area contributed by atoms with E-state index >= 15 is 0 Å². The second kappa shape index (κ2) is 6.62. The van der Waals surface area contributed by atoms with Gasteiger partial charge in [0.25, 0.3) is 0 Å². The molecule has 1 rings (SSSR count). The van der Waals surface area contributed by atoms with E-state index in [1.807, 2.05) is 13.0 Å². The standard InChI is InChI=1S/C13H15NO4/c1-2-18-10-6-5-9(4-3-7-14)11(8-10)12(15)13(16)17/h5-6,8,12,15H,2-4H2,1H3,(H,16,17). The summed E-state index contributed by atoms with van der Waals surface area (Å²) in [6.45, 7) is 2.27. The van der Waals surface area contributed by atoms with Crippen molar-refractivity contribution in [3.63, 3.8) is 0 Å². The maximum Gasteiger partial charge on any atom is 0.337 e. The number of rotatable bonds is 6. The van der Waals surface area contributed by atoms with Gasteiger partial charge in [-0.3, -0.25) is 0 Å². The molecule has 0 aliphatic carbocycles. The Kier molecular flexibility index (Phi) is 5.15. The lowest BCUT2D eigenvalue weighted by Crippen LogP contribution is -2.13. The van der Waals surface area contributed by atoms with Crippen LogP contribution in [0, 0.1) is 11.3 Å². The number of aliphatic hydroxyl groups excluding tert-OH is 1. The molecule has 0 aliphatic heterocycles. The van der Waals surface area contributed by atoms with Crippen molar-refractivity contribution in [2.45, 2.75) is 25.9 Å². The summed E-state index contributed by atoms with van der Waals surface area (Å²) in [5.74, 6) is -0.810. The molecule has 1 unspecified atom stereocenters. The average molecular weight is 249 g/mol. The molecule has 1 atom stereocenters. The van der Waals surface area contributed by atoms with Crippen LogP contribution < -0.4 is 4.74 Å². The van der Waals surface area contributed by atoms with Crippen LogP contribution in [0.2, 0.25) is 0 Å². The molecular weight excluding hydrogens is 234 g/mol. The van der Waals surface area contributed by atoms with E-state index in [1.165, 1.54) is 6.07 Å². The Hall–Kier alpha value is -2.06. The molecule has 96 valence electrons. The quantitative estimate of drug-likeness (QED) is 0.800. The number of carboxylic acids is 1. The first-order valence-electron chi connectivity index (χ1n) is 5.63. The number of ether oxygens (including phenoxy) is 1. The summed E-state index contributed by atoms with van der Waals surface area (Å²) in [7, 11) is 0. The zero-order valence-corrected chi connectivity index (χ0v) is 10.1. The van der Waals surface area contributed by atoms with Gasteiger partial charge in [0.05, 0.1) is 12.7 Å². The van der Waals surface area contributed by atoms with Gasteiger partial charge in [-0.1, -0.05) is 6.07 Å². The SMILES string of the molecule is CCOc1ccc(CCC#N)c(C(O)C(=O)O)c1. The third kappa shape index (κ3) is 3.47. The van der Waals surface area contributed by atoms with Crippen LogP contribution in [0.4, 0.5) is 0 Å². The number of nitriles is 1. The fraction of sp³-hybridized carbons (Fsp3) is 0.385. The summed E-state index contributed by atoms with van der Waals surface area (Å²) >= 11 is 0. The molecule has 0 bridgehead atoms. The van der Waals surface area contributed by atoms with Crippen molar-refractivity contribution in [1.82, 2.24) is 0 Å². The van der Waals surface area contributed by atoms with Gasteiger partial charge in [0.2, 0.25) is 0 Å². The van der Waals surface area contributed by atoms with Crippen molar-refractivity contribution in [3.05, 3.63) is 29.3 Å². The normalized spacial score (nSPS) is 11.6. The van der Waals surface area contributed by atoms with Gasteiger partial charge < -0.3 is 14.9 Å². The van der Waals surface area contributed by atoms with Crippen LogP contribution in [0.5, 0.6) is 5.75 Å². The number of carboxylic acid groups (broad SMARTS) is 1. The Morgan fingerprint density at radius 1 is 1.56 bits per heavy atom. The third-order valence-electron chi connectivity index (χ3n) is 2.46. The van der Waals surface area contributed by atoms with Crippen molar-refractivity contribution in [3.8, 4) is 11.8 Å². The molecule has 0 radical (unpaired) electrons. The summed E-state index contributed by atoms with van der Waals surface area (Å²) < 4.78 is 5.27. The summed E-state index contributed by atoms with van der Waals surface area (Å²) in [6.07, 6.45) is -0.922. The number of hydrogen-bond donors (Lipinski definition) is 2. The molecule has 0 amide bonds. The highest BCUT2D eigenvalue weighted by atomic mass is 16.5. The number of nitrogens with zero attached hydrogens (tertiary/aromatic N) is 1. The van der Waals surface area contributed by atoms with Gasteiger partial charge in [-0.2, -0.15) is 5.26 Å². The van der Waals surface area contributed by atoms with Gasteiger partial charge in [-0.25, -0.2) is 4.79 Å². The van der Waals surface area contributed by atoms with Crippen molar-refractivity contribution in [2.24, 2.45) is 0 Å². The number of aryl methyl sites for hydroxylation is 1. The third-order valence-corrected chi connectivity index (χ3v) is 2.46. The molecule has 1 aromatic carbocycles. The zero-order chi connectivity index (χ0) is 13.5. The second-order valence-electron chi connectivity index (χ2n) is 3.69. The molecule has 0 aromatic heterocycles. The van der Waals surface area contributed by atoms with Gasteiger partial charge in [0, 0.05) is 6.42 Å². The Morgan fingerprint density at radius 3 is 2.83 bits per heavy atom. The van der Waals surface area contributed by atoms with E-state index in [0.717, 1.165) is 0 Å². The first-order chi connectivity index (χ1) is 8.60. The minimum Gasteiger partial charge on any atom is -0.494 e. The highest BCUT2D eigenvalue weighted by Crippen LogP contribution is 2.25. The number of aliphatic hydroxyl groups is 1. The minimum atomic E-state index is -1.60. The minimum absolute atomic E-state index is 0.271. The lowest BCUT2D eigenvalue weighted by Gasteiger charge is -2.13. The molecule has 5 nitrogen and oxygen atoms in total. The maximum atomic E-state index is 10.8. The molecule has 0 fully saturated rings. The van der Waals surface area contributed by atoms with E-state index in [-0.39, 0.29) is 12.0 Å². The Balaban J connectivity index is 3.09. The zero-order valence-electron chi connectivity index (χ0n) is 10.1. The summed E-state index contributed by atoms with van der Waals surface area (Å²) in [5.41, 5.74) is 0.929. The van der Waals surface area contributed by atoms with Crippen molar-refractivity contribution in [2.75, 3.05) is 6.61 Å². The first-order valence-corrected chi connectivity index (χ1v) is 5.63. The van der Waals surface area contributed by atoms with Crippen molar-refractivity contribution in [1.29, 1.82) is 5.26 Å². The molecule has 18 heavy (non-hydrogen) atoms. The van der Waals surface area contributed by atoms with Gasteiger partial charge >= 0.3 is 5.97 Å². The van der Waals surface area contributed by atoms with Crippen molar-refractivity contribution >= 4 is 5.97 Å². The highest BCUT2D eigenvalue weighted by molar-refractivity contribution is 5.74. The van der Waals surface area contributed by atoms with Gasteiger partial charge in [-0.05, 0) is 36.6 Å². The van der Waals surface area contributed by atoms with Gasteiger partial charge in [0.1, 0.15) is 5.75 Å². The second-order valence-corrected chi connectivity index (χ2v) is 3.69.